The minimum absolute atomic E-state index is 0.0414. The van der Waals surface area contributed by atoms with Crippen LogP contribution in [0.4, 0.5) is 34.5 Å². The number of benzene rings is 3. The zero-order valence-electron chi connectivity index (χ0n) is 20.7. The molecule has 0 spiro atoms. The SMILES string of the molecule is Cc1ccc(Nc2cc(C)nc(Nc3ccc(NC(=O)[C@H]4CC(=O)N(c5ccccc5)C4)cc3)n2)cc1. The number of aryl methyl sites for hydroxylation is 2. The number of carbonyl (C=O) groups excluding carboxylic acids is 2. The van der Waals surface area contributed by atoms with E-state index in [1.54, 1.807) is 4.90 Å². The summed E-state index contributed by atoms with van der Waals surface area (Å²) >= 11 is 0. The molecule has 0 aliphatic carbocycles. The van der Waals surface area contributed by atoms with Crippen LogP contribution in [-0.2, 0) is 9.59 Å². The number of amides is 2. The molecule has 37 heavy (non-hydrogen) atoms. The van der Waals surface area contributed by atoms with Crippen LogP contribution < -0.4 is 20.9 Å². The van der Waals surface area contributed by atoms with Crippen LogP contribution in [0.15, 0.2) is 84.9 Å². The van der Waals surface area contributed by atoms with E-state index in [-0.39, 0.29) is 18.2 Å². The van der Waals surface area contributed by atoms with Gasteiger partial charge in [0.2, 0.25) is 17.8 Å². The normalized spacial score (nSPS) is 14.9. The fourth-order valence-corrected chi connectivity index (χ4v) is 4.22. The van der Waals surface area contributed by atoms with E-state index in [1.165, 1.54) is 5.56 Å². The molecule has 0 radical (unpaired) electrons. The Hall–Kier alpha value is -4.72. The second kappa shape index (κ2) is 10.5. The molecular formula is C29H28N6O2. The first-order valence-electron chi connectivity index (χ1n) is 12.2. The van der Waals surface area contributed by atoms with E-state index in [0.717, 1.165) is 22.8 Å². The predicted molar refractivity (Wildman–Crippen MR) is 146 cm³/mol. The Morgan fingerprint density at radius 1 is 0.838 bits per heavy atom. The lowest BCUT2D eigenvalue weighted by Crippen LogP contribution is -2.28. The largest absolute Gasteiger partial charge is 0.340 e. The fourth-order valence-electron chi connectivity index (χ4n) is 4.22. The van der Waals surface area contributed by atoms with Crippen molar-refractivity contribution in [1.82, 2.24) is 9.97 Å². The van der Waals surface area contributed by atoms with Crippen molar-refractivity contribution in [1.29, 1.82) is 0 Å². The van der Waals surface area contributed by atoms with E-state index < -0.39 is 5.92 Å². The average Bonchev–Trinajstić information content (AvgIpc) is 3.28. The van der Waals surface area contributed by atoms with Gasteiger partial charge in [0, 0.05) is 47.5 Å². The molecule has 1 saturated heterocycles. The van der Waals surface area contributed by atoms with Crippen LogP contribution in [0.1, 0.15) is 17.7 Å². The van der Waals surface area contributed by atoms with Crippen molar-refractivity contribution in [2.75, 3.05) is 27.4 Å². The minimum Gasteiger partial charge on any atom is -0.340 e. The molecule has 8 nitrogen and oxygen atoms in total. The fraction of sp³-hybridized carbons (Fsp3) is 0.172. The molecule has 1 fully saturated rings. The zero-order chi connectivity index (χ0) is 25.8. The first kappa shape index (κ1) is 24.0. The quantitative estimate of drug-likeness (QED) is 0.312. The van der Waals surface area contributed by atoms with Gasteiger partial charge >= 0.3 is 0 Å². The monoisotopic (exact) mass is 492 g/mol. The highest BCUT2D eigenvalue weighted by Gasteiger charge is 2.35. The smallest absolute Gasteiger partial charge is 0.229 e. The van der Waals surface area contributed by atoms with Crippen molar-refractivity contribution in [2.45, 2.75) is 20.3 Å². The highest BCUT2D eigenvalue weighted by atomic mass is 16.2. The summed E-state index contributed by atoms with van der Waals surface area (Å²) in [4.78, 5) is 36.0. The summed E-state index contributed by atoms with van der Waals surface area (Å²) in [5.74, 6) is 0.558. The lowest BCUT2D eigenvalue weighted by molar-refractivity contribution is -0.122. The van der Waals surface area contributed by atoms with Crippen LogP contribution in [-0.4, -0.2) is 28.3 Å². The van der Waals surface area contributed by atoms with Crippen molar-refractivity contribution in [2.24, 2.45) is 5.92 Å². The van der Waals surface area contributed by atoms with Crippen LogP contribution in [0.5, 0.6) is 0 Å². The minimum atomic E-state index is -0.398. The average molecular weight is 493 g/mol. The number of nitrogens with one attached hydrogen (secondary N) is 3. The number of aromatic nitrogens is 2. The van der Waals surface area contributed by atoms with Crippen LogP contribution >= 0.6 is 0 Å². The third-order valence-electron chi connectivity index (χ3n) is 6.15. The molecule has 3 N–H and O–H groups in total. The van der Waals surface area contributed by atoms with Gasteiger partial charge < -0.3 is 20.9 Å². The lowest BCUT2D eigenvalue weighted by atomic mass is 10.1. The summed E-state index contributed by atoms with van der Waals surface area (Å²) in [5.41, 5.74) is 5.23. The zero-order valence-corrected chi connectivity index (χ0v) is 20.7. The van der Waals surface area contributed by atoms with E-state index in [1.807, 2.05) is 98.8 Å². The third-order valence-corrected chi connectivity index (χ3v) is 6.15. The summed E-state index contributed by atoms with van der Waals surface area (Å²) in [7, 11) is 0. The molecule has 0 bridgehead atoms. The van der Waals surface area contributed by atoms with Crippen LogP contribution in [0.2, 0.25) is 0 Å². The van der Waals surface area contributed by atoms with Crippen molar-refractivity contribution in [3.8, 4) is 0 Å². The molecule has 1 aromatic heterocycles. The Balaban J connectivity index is 1.20. The van der Waals surface area contributed by atoms with E-state index in [9.17, 15) is 9.59 Å². The summed E-state index contributed by atoms with van der Waals surface area (Å²) in [6, 6.07) is 26.7. The summed E-state index contributed by atoms with van der Waals surface area (Å²) < 4.78 is 0. The number of hydrogen-bond acceptors (Lipinski definition) is 6. The Morgan fingerprint density at radius 3 is 2.22 bits per heavy atom. The van der Waals surface area contributed by atoms with Crippen LogP contribution in [0.25, 0.3) is 0 Å². The Labute approximate surface area is 215 Å². The second-order valence-electron chi connectivity index (χ2n) is 9.14. The van der Waals surface area contributed by atoms with Crippen molar-refractivity contribution < 1.29 is 9.59 Å². The Kier molecular flexibility index (Phi) is 6.81. The number of carbonyl (C=O) groups is 2. The topological polar surface area (TPSA) is 99.2 Å². The molecule has 8 heteroatoms. The maximum atomic E-state index is 12.8. The highest BCUT2D eigenvalue weighted by Crippen LogP contribution is 2.26. The van der Waals surface area contributed by atoms with Gasteiger partial charge in [-0.25, -0.2) is 4.98 Å². The summed E-state index contributed by atoms with van der Waals surface area (Å²) in [6.45, 7) is 4.34. The van der Waals surface area contributed by atoms with E-state index in [0.29, 0.717) is 24.0 Å². The van der Waals surface area contributed by atoms with Gasteiger partial charge in [-0.2, -0.15) is 4.98 Å². The maximum Gasteiger partial charge on any atom is 0.229 e. The number of nitrogens with zero attached hydrogens (tertiary/aromatic N) is 3. The molecule has 1 aliphatic rings. The van der Waals surface area contributed by atoms with Gasteiger partial charge in [-0.05, 0) is 62.4 Å². The molecule has 0 unspecified atom stereocenters. The Bertz CT molecular complexity index is 1410. The molecule has 0 saturated carbocycles. The molecule has 2 heterocycles. The van der Waals surface area contributed by atoms with Gasteiger partial charge in [0.1, 0.15) is 5.82 Å². The van der Waals surface area contributed by atoms with Gasteiger partial charge in [-0.1, -0.05) is 35.9 Å². The van der Waals surface area contributed by atoms with Crippen LogP contribution in [0.3, 0.4) is 0 Å². The third kappa shape index (κ3) is 5.92. The molecule has 1 atom stereocenters. The maximum absolute atomic E-state index is 12.8. The second-order valence-corrected chi connectivity index (χ2v) is 9.14. The predicted octanol–water partition coefficient (Wildman–Crippen LogP) is 5.57. The molecule has 4 aromatic rings. The molecule has 1 aliphatic heterocycles. The van der Waals surface area contributed by atoms with E-state index in [2.05, 4.69) is 25.9 Å². The van der Waals surface area contributed by atoms with E-state index in [4.69, 9.17) is 0 Å². The van der Waals surface area contributed by atoms with Gasteiger partial charge in [0.15, 0.2) is 0 Å². The molecule has 5 rings (SSSR count). The van der Waals surface area contributed by atoms with Gasteiger partial charge in [-0.15, -0.1) is 0 Å². The lowest BCUT2D eigenvalue weighted by Gasteiger charge is -2.16. The van der Waals surface area contributed by atoms with Crippen LogP contribution in [0, 0.1) is 19.8 Å². The molecule has 2 amide bonds. The molecular weight excluding hydrogens is 464 g/mol. The molecule has 3 aromatic carbocycles. The molecule has 186 valence electrons. The van der Waals surface area contributed by atoms with Gasteiger partial charge in [0.05, 0.1) is 5.92 Å². The number of anilines is 6. The highest BCUT2D eigenvalue weighted by molar-refractivity contribution is 6.03. The van der Waals surface area contributed by atoms with Crippen molar-refractivity contribution in [3.63, 3.8) is 0 Å². The standard InChI is InChI=1S/C29H28N6O2/c1-19-8-10-22(11-9-19)31-26-16-20(2)30-29(34-26)33-24-14-12-23(13-15-24)32-28(37)21-17-27(36)35(18-21)25-6-4-3-5-7-25/h3-16,21H,17-18H2,1-2H3,(H,32,37)(H2,30,31,33,34)/t21-/m0/s1. The number of rotatable bonds is 7. The van der Waals surface area contributed by atoms with Crippen molar-refractivity contribution >= 4 is 46.3 Å². The van der Waals surface area contributed by atoms with Gasteiger partial charge in [-0.3, -0.25) is 9.59 Å². The van der Waals surface area contributed by atoms with Crippen molar-refractivity contribution in [3.05, 3.63) is 96.2 Å². The first-order valence-corrected chi connectivity index (χ1v) is 12.2. The number of para-hydroxylation sites is 1. The summed E-state index contributed by atoms with van der Waals surface area (Å²) in [5, 5.41) is 9.46. The first-order chi connectivity index (χ1) is 17.9. The van der Waals surface area contributed by atoms with E-state index >= 15 is 0 Å². The Morgan fingerprint density at radius 2 is 1.49 bits per heavy atom. The summed E-state index contributed by atoms with van der Waals surface area (Å²) in [6.07, 6.45) is 0.198. The number of hydrogen-bond donors (Lipinski definition) is 3. The van der Waals surface area contributed by atoms with Gasteiger partial charge in [0.25, 0.3) is 0 Å².